The fourth-order valence-electron chi connectivity index (χ4n) is 3.04. The predicted molar refractivity (Wildman–Crippen MR) is 114 cm³/mol. The molecule has 2 aromatic carbocycles. The number of nitrogens with one attached hydrogen (secondary N) is 1. The molecule has 148 valence electrons. The molecule has 0 aliphatic rings. The third-order valence-corrected chi connectivity index (χ3v) is 4.67. The van der Waals surface area contributed by atoms with Gasteiger partial charge in [0.1, 0.15) is 12.4 Å². The standard InChI is InChI=1S/C24H18N2O4/c27-23(17-9-11-25-12-10-17)8-5-19-14-26-22-7-6-20(13-21(19)22)30-15-16-1-3-18(4-2-16)24(28)29/h1-14,26H,15H2,(H,28,29)/b8-5+. The molecule has 0 spiro atoms. The van der Waals surface area contributed by atoms with Crippen LogP contribution in [0.2, 0.25) is 0 Å². The van der Waals surface area contributed by atoms with Crippen molar-refractivity contribution < 1.29 is 19.4 Å². The van der Waals surface area contributed by atoms with Gasteiger partial charge in [-0.05, 0) is 60.2 Å². The number of aromatic nitrogens is 2. The first kappa shape index (κ1) is 19.1. The lowest BCUT2D eigenvalue weighted by molar-refractivity contribution is 0.0696. The quantitative estimate of drug-likeness (QED) is 0.347. The maximum atomic E-state index is 12.3. The predicted octanol–water partition coefficient (Wildman–Crippen LogP) is 4.74. The van der Waals surface area contributed by atoms with Crippen LogP contribution in [-0.4, -0.2) is 26.8 Å². The number of rotatable bonds is 7. The average Bonchev–Trinajstić information content (AvgIpc) is 3.19. The summed E-state index contributed by atoms with van der Waals surface area (Å²) in [6, 6.07) is 15.6. The SMILES string of the molecule is O=C(O)c1ccc(COc2ccc3[nH]cc(/C=C/C(=O)c4ccncc4)c3c2)cc1. The summed E-state index contributed by atoms with van der Waals surface area (Å²) in [5.74, 6) is -0.369. The van der Waals surface area contributed by atoms with Crippen LogP contribution in [-0.2, 0) is 6.61 Å². The Morgan fingerprint density at radius 2 is 1.77 bits per heavy atom. The van der Waals surface area contributed by atoms with Crippen molar-refractivity contribution in [3.05, 3.63) is 102 Å². The van der Waals surface area contributed by atoms with Gasteiger partial charge >= 0.3 is 5.97 Å². The van der Waals surface area contributed by atoms with Crippen molar-refractivity contribution in [2.24, 2.45) is 0 Å². The molecule has 2 N–H and O–H groups in total. The molecular formula is C24H18N2O4. The Morgan fingerprint density at radius 3 is 2.50 bits per heavy atom. The van der Waals surface area contributed by atoms with Gasteiger partial charge in [0.15, 0.2) is 5.78 Å². The highest BCUT2D eigenvalue weighted by molar-refractivity contribution is 6.07. The zero-order valence-electron chi connectivity index (χ0n) is 15.9. The number of carbonyl (C=O) groups is 2. The number of carbonyl (C=O) groups excluding carboxylic acids is 1. The monoisotopic (exact) mass is 398 g/mol. The van der Waals surface area contributed by atoms with Gasteiger partial charge in [0.25, 0.3) is 0 Å². The molecule has 6 heteroatoms. The van der Waals surface area contributed by atoms with Gasteiger partial charge < -0.3 is 14.8 Å². The van der Waals surface area contributed by atoms with Crippen LogP contribution in [0.3, 0.4) is 0 Å². The van der Waals surface area contributed by atoms with Gasteiger partial charge in [0, 0.05) is 40.6 Å². The molecule has 0 radical (unpaired) electrons. The summed E-state index contributed by atoms with van der Waals surface area (Å²) in [6.07, 6.45) is 8.33. The smallest absolute Gasteiger partial charge is 0.335 e. The number of hydrogen-bond acceptors (Lipinski definition) is 4. The summed E-state index contributed by atoms with van der Waals surface area (Å²) in [5.41, 5.74) is 3.51. The van der Waals surface area contributed by atoms with E-state index in [1.165, 1.54) is 6.08 Å². The van der Waals surface area contributed by atoms with Gasteiger partial charge in [0.05, 0.1) is 5.56 Å². The zero-order valence-corrected chi connectivity index (χ0v) is 15.9. The Morgan fingerprint density at radius 1 is 1.00 bits per heavy atom. The molecule has 0 saturated carbocycles. The molecule has 2 heterocycles. The van der Waals surface area contributed by atoms with E-state index in [9.17, 15) is 9.59 Å². The summed E-state index contributed by atoms with van der Waals surface area (Å²) in [4.78, 5) is 30.3. The average molecular weight is 398 g/mol. The fourth-order valence-corrected chi connectivity index (χ4v) is 3.04. The van der Waals surface area contributed by atoms with E-state index in [0.29, 0.717) is 17.9 Å². The van der Waals surface area contributed by atoms with Crippen molar-refractivity contribution >= 4 is 28.7 Å². The van der Waals surface area contributed by atoms with Crippen LogP contribution in [0.25, 0.3) is 17.0 Å². The lowest BCUT2D eigenvalue weighted by atomic mass is 10.1. The molecule has 0 unspecified atom stereocenters. The summed E-state index contributed by atoms with van der Waals surface area (Å²) >= 11 is 0. The van der Waals surface area contributed by atoms with Crippen molar-refractivity contribution in [2.45, 2.75) is 6.61 Å². The van der Waals surface area contributed by atoms with Crippen LogP contribution in [0.1, 0.15) is 31.8 Å². The van der Waals surface area contributed by atoms with Gasteiger partial charge in [0.2, 0.25) is 0 Å². The lowest BCUT2D eigenvalue weighted by Gasteiger charge is -2.07. The van der Waals surface area contributed by atoms with Crippen LogP contribution >= 0.6 is 0 Å². The van der Waals surface area contributed by atoms with Crippen molar-refractivity contribution in [1.82, 2.24) is 9.97 Å². The number of carboxylic acids is 1. The van der Waals surface area contributed by atoms with E-state index in [1.54, 1.807) is 54.9 Å². The number of H-pyrrole nitrogens is 1. The van der Waals surface area contributed by atoms with Crippen molar-refractivity contribution in [2.75, 3.05) is 0 Å². The molecule has 0 fully saturated rings. The molecule has 0 bridgehead atoms. The number of ether oxygens (including phenoxy) is 1. The van der Waals surface area contributed by atoms with Crippen LogP contribution in [0.15, 0.2) is 79.3 Å². The Hall–Kier alpha value is -4.19. The molecule has 4 rings (SSSR count). The Balaban J connectivity index is 1.49. The largest absolute Gasteiger partial charge is 0.489 e. The first-order valence-corrected chi connectivity index (χ1v) is 9.29. The summed E-state index contributed by atoms with van der Waals surface area (Å²) < 4.78 is 5.86. The molecule has 4 aromatic rings. The van der Waals surface area contributed by atoms with E-state index in [1.807, 2.05) is 24.4 Å². The van der Waals surface area contributed by atoms with E-state index in [4.69, 9.17) is 9.84 Å². The number of pyridine rings is 1. The number of benzene rings is 2. The van der Waals surface area contributed by atoms with E-state index in [2.05, 4.69) is 9.97 Å². The third kappa shape index (κ3) is 4.28. The number of ketones is 1. The Kier molecular flexibility index (Phi) is 5.39. The highest BCUT2D eigenvalue weighted by Gasteiger charge is 2.06. The molecule has 0 amide bonds. The molecule has 0 atom stereocenters. The summed E-state index contributed by atoms with van der Waals surface area (Å²) in [7, 11) is 0. The second-order valence-corrected chi connectivity index (χ2v) is 6.68. The van der Waals surface area contributed by atoms with Crippen LogP contribution in [0.5, 0.6) is 5.75 Å². The maximum absolute atomic E-state index is 12.3. The number of aromatic amines is 1. The molecule has 6 nitrogen and oxygen atoms in total. The Labute approximate surface area is 172 Å². The van der Waals surface area contributed by atoms with E-state index in [-0.39, 0.29) is 11.3 Å². The molecule has 2 aromatic heterocycles. The highest BCUT2D eigenvalue weighted by atomic mass is 16.5. The van der Waals surface area contributed by atoms with E-state index < -0.39 is 5.97 Å². The van der Waals surface area contributed by atoms with Gasteiger partial charge in [-0.2, -0.15) is 0 Å². The van der Waals surface area contributed by atoms with Crippen molar-refractivity contribution in [3.63, 3.8) is 0 Å². The molecule has 0 aliphatic heterocycles. The summed E-state index contributed by atoms with van der Waals surface area (Å²) in [5, 5.41) is 9.91. The second kappa shape index (κ2) is 8.45. The zero-order chi connectivity index (χ0) is 20.9. The van der Waals surface area contributed by atoms with Gasteiger partial charge in [-0.3, -0.25) is 9.78 Å². The maximum Gasteiger partial charge on any atom is 0.335 e. The Bertz CT molecular complexity index is 1230. The molecule has 0 aliphatic carbocycles. The van der Waals surface area contributed by atoms with Crippen molar-refractivity contribution in [3.8, 4) is 5.75 Å². The minimum Gasteiger partial charge on any atom is -0.489 e. The van der Waals surface area contributed by atoms with Gasteiger partial charge in [-0.1, -0.05) is 12.1 Å². The summed E-state index contributed by atoms with van der Waals surface area (Å²) in [6.45, 7) is 0.321. The van der Waals surface area contributed by atoms with Crippen LogP contribution < -0.4 is 4.74 Å². The van der Waals surface area contributed by atoms with Crippen LogP contribution in [0.4, 0.5) is 0 Å². The molecular weight excluding hydrogens is 380 g/mol. The number of nitrogens with zero attached hydrogens (tertiary/aromatic N) is 1. The highest BCUT2D eigenvalue weighted by Crippen LogP contribution is 2.25. The minimum absolute atomic E-state index is 0.0936. The lowest BCUT2D eigenvalue weighted by Crippen LogP contribution is -1.98. The van der Waals surface area contributed by atoms with E-state index in [0.717, 1.165) is 22.0 Å². The molecule has 0 saturated heterocycles. The molecule has 30 heavy (non-hydrogen) atoms. The fraction of sp³-hybridized carbons (Fsp3) is 0.0417. The topological polar surface area (TPSA) is 92.3 Å². The van der Waals surface area contributed by atoms with Crippen LogP contribution in [0, 0.1) is 0 Å². The minimum atomic E-state index is -0.955. The normalized spacial score (nSPS) is 11.1. The first-order chi connectivity index (χ1) is 14.6. The van der Waals surface area contributed by atoms with Gasteiger partial charge in [-0.25, -0.2) is 4.79 Å². The second-order valence-electron chi connectivity index (χ2n) is 6.68. The first-order valence-electron chi connectivity index (χ1n) is 9.29. The number of hydrogen-bond donors (Lipinski definition) is 2. The number of aromatic carboxylic acids is 1. The van der Waals surface area contributed by atoms with Crippen molar-refractivity contribution in [1.29, 1.82) is 0 Å². The number of fused-ring (bicyclic) bond motifs is 1. The van der Waals surface area contributed by atoms with Gasteiger partial charge in [-0.15, -0.1) is 0 Å². The van der Waals surface area contributed by atoms with E-state index >= 15 is 0 Å². The number of carboxylic acid groups (broad SMARTS) is 1. The number of allylic oxidation sites excluding steroid dienone is 1. The third-order valence-electron chi connectivity index (χ3n) is 4.67.